The Morgan fingerprint density at radius 3 is 1.84 bits per heavy atom. The van der Waals surface area contributed by atoms with Gasteiger partial charge < -0.3 is 0 Å². The molecule has 4 rings (SSSR count). The third-order valence-corrected chi connectivity index (χ3v) is 8.28. The van der Waals surface area contributed by atoms with E-state index in [1.54, 1.807) is 49.7 Å². The lowest BCUT2D eigenvalue weighted by molar-refractivity contribution is 0.722. The summed E-state index contributed by atoms with van der Waals surface area (Å²) in [6.45, 7) is 0. The van der Waals surface area contributed by atoms with Gasteiger partial charge in [-0.3, -0.25) is 9.36 Å². The number of rotatable bonds is 4. The lowest BCUT2D eigenvalue weighted by atomic mass is 10.2. The minimum Gasteiger partial charge on any atom is -0.271 e. The largest absolute Gasteiger partial charge is 0.271 e. The van der Waals surface area contributed by atoms with Gasteiger partial charge in [-0.2, -0.15) is 20.7 Å². The van der Waals surface area contributed by atoms with Crippen LogP contribution in [-0.4, -0.2) is 29.5 Å². The van der Waals surface area contributed by atoms with E-state index < -0.39 is 0 Å². The van der Waals surface area contributed by atoms with Gasteiger partial charge in [0, 0.05) is 48.1 Å². The Bertz CT molecular complexity index is 1290. The highest BCUT2D eigenvalue weighted by atomic mass is 79.9. The Labute approximate surface area is 211 Å². The van der Waals surface area contributed by atoms with Crippen LogP contribution in [0.4, 0.5) is 0 Å². The van der Waals surface area contributed by atoms with Gasteiger partial charge in [0.15, 0.2) is 15.3 Å². The highest BCUT2D eigenvalue weighted by molar-refractivity contribution is 9.11. The van der Waals surface area contributed by atoms with E-state index in [-0.39, 0.29) is 0 Å². The Kier molecular flexibility index (Phi) is 8.13. The summed E-state index contributed by atoms with van der Waals surface area (Å²) >= 11 is 13.3. The van der Waals surface area contributed by atoms with Crippen molar-refractivity contribution in [2.45, 2.75) is 12.8 Å². The van der Waals surface area contributed by atoms with Gasteiger partial charge in [-0.25, -0.2) is 9.97 Å². The quantitative estimate of drug-likeness (QED) is 0.311. The predicted octanol–water partition coefficient (Wildman–Crippen LogP) is 4.97. The SMILES string of the molecule is Cn1nc(C#N)cc1Cc1sc(Br)nc1Br.Cn1nc(C#N)cc1Cc1scnc1Br. The summed E-state index contributed by atoms with van der Waals surface area (Å²) in [5.41, 5.74) is 4.69. The standard InChI is InChI=1S/C9H6Br2N4S.C9H7BrN4S/c1-15-6(2-5(4-12)14-15)3-7-8(10)13-9(11)16-7;1-14-7(2-6(4-11)13-14)3-8-9(10)12-5-15-8/h2H,3H2,1H3;2,5H,3H2,1H3. The van der Waals surface area contributed by atoms with Crippen molar-refractivity contribution in [2.75, 3.05) is 0 Å². The van der Waals surface area contributed by atoms with Gasteiger partial charge in [-0.15, -0.1) is 22.7 Å². The van der Waals surface area contributed by atoms with Crippen LogP contribution in [0, 0.1) is 22.7 Å². The molecule has 0 saturated heterocycles. The maximum atomic E-state index is 8.75. The number of thiazole rings is 2. The molecule has 0 fully saturated rings. The fourth-order valence-corrected chi connectivity index (χ4v) is 6.26. The number of aromatic nitrogens is 6. The van der Waals surface area contributed by atoms with Gasteiger partial charge in [0.2, 0.25) is 0 Å². The highest BCUT2D eigenvalue weighted by Crippen LogP contribution is 2.29. The Hall–Kier alpha value is -1.90. The highest BCUT2D eigenvalue weighted by Gasteiger charge is 2.12. The van der Waals surface area contributed by atoms with E-state index in [9.17, 15) is 0 Å². The lowest BCUT2D eigenvalue weighted by Crippen LogP contribution is -1.98. The molecule has 158 valence electrons. The molecule has 0 spiro atoms. The first-order valence-corrected chi connectivity index (χ1v) is 12.6. The fourth-order valence-electron chi connectivity index (χ4n) is 2.57. The minimum atomic E-state index is 0.442. The third kappa shape index (κ3) is 6.08. The number of aryl methyl sites for hydroxylation is 2. The van der Waals surface area contributed by atoms with Crippen LogP contribution in [0.3, 0.4) is 0 Å². The predicted molar refractivity (Wildman–Crippen MR) is 129 cm³/mol. The monoisotopic (exact) mass is 642 g/mol. The van der Waals surface area contributed by atoms with Gasteiger partial charge in [0.25, 0.3) is 0 Å². The molecular weight excluding hydrogens is 632 g/mol. The van der Waals surface area contributed by atoms with Crippen molar-refractivity contribution in [1.29, 1.82) is 10.5 Å². The normalized spacial score (nSPS) is 10.3. The van der Waals surface area contributed by atoms with Gasteiger partial charge in [-0.05, 0) is 59.9 Å². The van der Waals surface area contributed by atoms with Crippen LogP contribution < -0.4 is 0 Å². The summed E-state index contributed by atoms with van der Waals surface area (Å²) in [7, 11) is 3.67. The molecule has 0 unspecified atom stereocenters. The summed E-state index contributed by atoms with van der Waals surface area (Å²) < 4.78 is 6.00. The summed E-state index contributed by atoms with van der Waals surface area (Å²) in [5.74, 6) is 0. The van der Waals surface area contributed by atoms with Crippen molar-refractivity contribution in [1.82, 2.24) is 29.5 Å². The molecule has 0 aliphatic carbocycles. The van der Waals surface area contributed by atoms with E-state index in [1.165, 1.54) is 0 Å². The molecule has 0 aliphatic heterocycles. The van der Waals surface area contributed by atoms with Crippen LogP contribution in [0.25, 0.3) is 0 Å². The molecule has 0 saturated carbocycles. The van der Waals surface area contributed by atoms with Crippen LogP contribution in [-0.2, 0) is 26.9 Å². The zero-order chi connectivity index (χ0) is 22.5. The van der Waals surface area contributed by atoms with Crippen LogP contribution in [0.5, 0.6) is 0 Å². The Morgan fingerprint density at radius 1 is 0.903 bits per heavy atom. The second-order valence-corrected chi connectivity index (χ2v) is 10.9. The molecule has 8 nitrogen and oxygen atoms in total. The molecule has 0 aliphatic rings. The smallest absolute Gasteiger partial charge is 0.162 e. The average Bonchev–Trinajstić information content (AvgIpc) is 3.47. The van der Waals surface area contributed by atoms with Crippen molar-refractivity contribution < 1.29 is 0 Å². The molecule has 0 amide bonds. The van der Waals surface area contributed by atoms with Crippen molar-refractivity contribution in [3.8, 4) is 12.1 Å². The van der Waals surface area contributed by atoms with Gasteiger partial charge in [-0.1, -0.05) is 0 Å². The molecule has 0 aromatic carbocycles. The third-order valence-electron chi connectivity index (χ3n) is 4.08. The summed E-state index contributed by atoms with van der Waals surface area (Å²) in [6.07, 6.45) is 1.46. The number of nitriles is 2. The van der Waals surface area contributed by atoms with Crippen molar-refractivity contribution in [2.24, 2.45) is 14.1 Å². The summed E-state index contributed by atoms with van der Waals surface area (Å²) in [4.78, 5) is 10.6. The second kappa shape index (κ2) is 10.6. The first kappa shape index (κ1) is 23.8. The molecule has 4 aromatic heterocycles. The van der Waals surface area contributed by atoms with Crippen molar-refractivity contribution in [3.63, 3.8) is 0 Å². The molecule has 4 heterocycles. The summed E-state index contributed by atoms with van der Waals surface area (Å²) in [5, 5.41) is 25.6. The Balaban J connectivity index is 0.000000176. The fraction of sp³-hybridized carbons (Fsp3) is 0.222. The van der Waals surface area contributed by atoms with Crippen LogP contribution in [0.15, 0.2) is 30.8 Å². The minimum absolute atomic E-state index is 0.442. The molecule has 31 heavy (non-hydrogen) atoms. The topological polar surface area (TPSA) is 109 Å². The first-order valence-electron chi connectivity index (χ1n) is 8.55. The van der Waals surface area contributed by atoms with Gasteiger partial charge in [0.05, 0.1) is 5.51 Å². The van der Waals surface area contributed by atoms with E-state index >= 15 is 0 Å². The van der Waals surface area contributed by atoms with E-state index in [0.29, 0.717) is 11.4 Å². The van der Waals surface area contributed by atoms with E-state index in [1.807, 2.05) is 26.2 Å². The van der Waals surface area contributed by atoms with Crippen molar-refractivity contribution in [3.05, 3.63) is 63.3 Å². The number of halogens is 3. The number of nitrogens with zero attached hydrogens (tertiary/aromatic N) is 8. The van der Waals surface area contributed by atoms with Crippen LogP contribution in [0.2, 0.25) is 0 Å². The summed E-state index contributed by atoms with van der Waals surface area (Å²) in [6, 6.07) is 7.64. The molecule has 0 radical (unpaired) electrons. The zero-order valence-electron chi connectivity index (χ0n) is 16.2. The average molecular weight is 645 g/mol. The first-order chi connectivity index (χ1) is 14.8. The Morgan fingerprint density at radius 2 is 1.45 bits per heavy atom. The maximum absolute atomic E-state index is 8.75. The molecule has 0 N–H and O–H groups in total. The van der Waals surface area contributed by atoms with Crippen LogP contribution >= 0.6 is 70.5 Å². The van der Waals surface area contributed by atoms with E-state index in [2.05, 4.69) is 68.0 Å². The second-order valence-electron chi connectivity index (χ2n) is 6.11. The van der Waals surface area contributed by atoms with Gasteiger partial charge >= 0.3 is 0 Å². The molecular formula is C18H13Br3N8S2. The van der Waals surface area contributed by atoms with Crippen molar-refractivity contribution >= 4 is 70.5 Å². The van der Waals surface area contributed by atoms with E-state index in [4.69, 9.17) is 10.5 Å². The molecule has 13 heteroatoms. The van der Waals surface area contributed by atoms with Gasteiger partial charge in [0.1, 0.15) is 21.3 Å². The zero-order valence-corrected chi connectivity index (χ0v) is 22.6. The van der Waals surface area contributed by atoms with E-state index in [0.717, 1.165) is 47.1 Å². The molecule has 0 atom stereocenters. The molecule has 0 bridgehead atoms. The number of hydrogen-bond donors (Lipinski definition) is 0. The maximum Gasteiger partial charge on any atom is 0.162 e. The number of hydrogen-bond acceptors (Lipinski definition) is 8. The lowest BCUT2D eigenvalue weighted by Gasteiger charge is -1.98. The van der Waals surface area contributed by atoms with Crippen LogP contribution in [0.1, 0.15) is 32.5 Å². The molecule has 4 aromatic rings.